The number of H-pyrrole nitrogens is 2. The molecule has 33 heavy (non-hydrogen) atoms. The molecule has 3 N–H and O–H groups in total. The van der Waals surface area contributed by atoms with Crippen molar-refractivity contribution < 1.29 is 31.5 Å². The molecule has 15 heteroatoms. The molecule has 3 aromatic rings. The van der Waals surface area contributed by atoms with Gasteiger partial charge in [-0.2, -0.15) is 13.2 Å². The molecule has 0 aliphatic rings. The summed E-state index contributed by atoms with van der Waals surface area (Å²) in [6.07, 6.45) is -5.85. The zero-order chi connectivity index (χ0) is 24.3. The number of hydrogen-bond acceptors (Lipinski definition) is 7. The summed E-state index contributed by atoms with van der Waals surface area (Å²) in [6, 6.07) is 2.32. The van der Waals surface area contributed by atoms with Crippen molar-refractivity contribution >= 4 is 39.9 Å². The van der Waals surface area contributed by atoms with E-state index in [4.69, 9.17) is 0 Å². The van der Waals surface area contributed by atoms with Gasteiger partial charge in [0.2, 0.25) is 5.91 Å². The van der Waals surface area contributed by atoms with E-state index in [9.17, 15) is 41.1 Å². The lowest BCUT2D eigenvalue weighted by Crippen LogP contribution is -2.22. The molecule has 0 aliphatic heterocycles. The maximum absolute atomic E-state index is 14.3. The second-order valence-corrected chi connectivity index (χ2v) is 8.20. The van der Waals surface area contributed by atoms with Crippen molar-refractivity contribution in [2.45, 2.75) is 17.6 Å². The maximum atomic E-state index is 14.3. The first-order valence-electron chi connectivity index (χ1n) is 8.73. The van der Waals surface area contributed by atoms with Gasteiger partial charge in [0.05, 0.1) is 22.9 Å². The van der Waals surface area contributed by atoms with Gasteiger partial charge in [0.1, 0.15) is 17.2 Å². The number of Topliss-reactive ketones (excluding diaryl/α,β-unsaturated/α-hetero) is 1. The van der Waals surface area contributed by atoms with Crippen LogP contribution in [0, 0.1) is 11.6 Å². The standard InChI is InChI=1S/C18H11F5N4O4S2/c19-9-2-1-8(15(20)14(9)18(21,22)23)10-6-33-17(24-10)26-11(29)3-7(28)5-32-13-4-12(30)25-16(31)27-13/h1-2,4,6H,3,5H2,(H,24,26,29)(H2,25,27,30,31). The Kier molecular flexibility index (Phi) is 7.12. The minimum absolute atomic E-state index is 0.119. The number of benzene rings is 1. The van der Waals surface area contributed by atoms with Crippen molar-refractivity contribution in [1.29, 1.82) is 0 Å². The summed E-state index contributed by atoms with van der Waals surface area (Å²) in [5, 5.41) is 3.43. The van der Waals surface area contributed by atoms with E-state index < -0.39 is 58.3 Å². The van der Waals surface area contributed by atoms with Gasteiger partial charge in [-0.05, 0) is 12.1 Å². The zero-order valence-corrected chi connectivity index (χ0v) is 17.6. The molecule has 0 bridgehead atoms. The maximum Gasteiger partial charge on any atom is 0.422 e. The van der Waals surface area contributed by atoms with E-state index in [1.807, 2.05) is 4.98 Å². The van der Waals surface area contributed by atoms with Crippen LogP contribution in [0.15, 0.2) is 38.2 Å². The number of carbonyl (C=O) groups is 2. The van der Waals surface area contributed by atoms with Gasteiger partial charge in [-0.3, -0.25) is 19.4 Å². The molecule has 0 aliphatic carbocycles. The van der Waals surface area contributed by atoms with E-state index in [2.05, 4.69) is 15.3 Å². The molecule has 0 unspecified atom stereocenters. The van der Waals surface area contributed by atoms with Gasteiger partial charge in [-0.15, -0.1) is 23.1 Å². The fourth-order valence-electron chi connectivity index (χ4n) is 2.54. The van der Waals surface area contributed by atoms with Crippen molar-refractivity contribution in [3.63, 3.8) is 0 Å². The van der Waals surface area contributed by atoms with Crippen LogP contribution in [0.25, 0.3) is 11.3 Å². The highest BCUT2D eigenvalue weighted by atomic mass is 32.2. The quantitative estimate of drug-likeness (QED) is 0.196. The van der Waals surface area contributed by atoms with Crippen LogP contribution >= 0.6 is 23.1 Å². The third-order valence-corrected chi connectivity index (χ3v) is 5.64. The Hall–Kier alpha value is -3.33. The highest BCUT2D eigenvalue weighted by molar-refractivity contribution is 7.99. The summed E-state index contributed by atoms with van der Waals surface area (Å²) < 4.78 is 66.4. The van der Waals surface area contributed by atoms with Crippen molar-refractivity contribution in [3.8, 4) is 11.3 Å². The number of aromatic amines is 2. The molecule has 8 nitrogen and oxygen atoms in total. The smallest absolute Gasteiger partial charge is 0.302 e. The largest absolute Gasteiger partial charge is 0.422 e. The fourth-order valence-corrected chi connectivity index (χ4v) is 4.04. The number of aromatic nitrogens is 3. The monoisotopic (exact) mass is 506 g/mol. The molecule has 1 aromatic carbocycles. The Morgan fingerprint density at radius 2 is 1.88 bits per heavy atom. The molecule has 3 rings (SSSR count). The number of thioether (sulfide) groups is 1. The molecule has 0 saturated heterocycles. The van der Waals surface area contributed by atoms with Gasteiger partial charge < -0.3 is 10.3 Å². The molecule has 1 amide bonds. The van der Waals surface area contributed by atoms with Gasteiger partial charge in [-0.1, -0.05) is 0 Å². The number of nitrogens with one attached hydrogen (secondary N) is 3. The number of hydrogen-bond donors (Lipinski definition) is 3. The Labute approximate surface area is 188 Å². The summed E-state index contributed by atoms with van der Waals surface area (Å²) in [5.41, 5.74) is -4.35. The van der Waals surface area contributed by atoms with Gasteiger partial charge >= 0.3 is 11.9 Å². The third-order valence-electron chi connectivity index (χ3n) is 3.88. The SMILES string of the molecule is O=C(CSc1cc(=O)[nH]c(=O)[nH]1)CC(=O)Nc1nc(-c2ccc(F)c(C(F)(F)F)c2F)cs1. The summed E-state index contributed by atoms with van der Waals surface area (Å²) in [7, 11) is 0. The normalized spacial score (nSPS) is 11.4. The molecule has 0 saturated carbocycles. The molecule has 0 atom stereocenters. The Morgan fingerprint density at radius 3 is 2.55 bits per heavy atom. The summed E-state index contributed by atoms with van der Waals surface area (Å²) in [5.74, 6) is -5.20. The number of thiazole rings is 1. The summed E-state index contributed by atoms with van der Waals surface area (Å²) in [6.45, 7) is 0. The fraction of sp³-hybridized carbons (Fsp3) is 0.167. The number of anilines is 1. The number of rotatable bonds is 7. The Balaban J connectivity index is 1.64. The average molecular weight is 506 g/mol. The second kappa shape index (κ2) is 9.66. The van der Waals surface area contributed by atoms with E-state index in [0.717, 1.165) is 40.6 Å². The summed E-state index contributed by atoms with van der Waals surface area (Å²) >= 11 is 1.59. The van der Waals surface area contributed by atoms with E-state index in [1.54, 1.807) is 0 Å². The van der Waals surface area contributed by atoms with E-state index >= 15 is 0 Å². The topological polar surface area (TPSA) is 125 Å². The highest BCUT2D eigenvalue weighted by Gasteiger charge is 2.39. The predicted molar refractivity (Wildman–Crippen MR) is 109 cm³/mol. The first-order valence-corrected chi connectivity index (χ1v) is 10.6. The molecule has 0 spiro atoms. The van der Waals surface area contributed by atoms with Crippen LogP contribution in [0.5, 0.6) is 0 Å². The second-order valence-electron chi connectivity index (χ2n) is 6.32. The molecular weight excluding hydrogens is 495 g/mol. The van der Waals surface area contributed by atoms with Crippen molar-refractivity contribution in [3.05, 3.63) is 61.6 Å². The van der Waals surface area contributed by atoms with Crippen molar-refractivity contribution in [2.75, 3.05) is 11.1 Å². The number of nitrogens with zero attached hydrogens (tertiary/aromatic N) is 1. The number of ketones is 1. The predicted octanol–water partition coefficient (Wildman–Crippen LogP) is 3.17. The van der Waals surface area contributed by atoms with Gasteiger partial charge in [0.15, 0.2) is 10.9 Å². The van der Waals surface area contributed by atoms with Crippen molar-refractivity contribution in [2.24, 2.45) is 0 Å². The van der Waals surface area contributed by atoms with Crippen LogP contribution < -0.4 is 16.6 Å². The molecule has 0 fully saturated rings. The van der Waals surface area contributed by atoms with Crippen LogP contribution in [0.2, 0.25) is 0 Å². The Bertz CT molecular complexity index is 1300. The zero-order valence-electron chi connectivity index (χ0n) is 16.0. The van der Waals surface area contributed by atoms with Crippen molar-refractivity contribution in [1.82, 2.24) is 15.0 Å². The molecule has 2 aromatic heterocycles. The first kappa shape index (κ1) is 24.3. The molecule has 174 valence electrons. The van der Waals surface area contributed by atoms with Crippen LogP contribution in [-0.2, 0) is 15.8 Å². The first-order chi connectivity index (χ1) is 15.4. The number of halogens is 5. The number of alkyl halides is 3. The molecule has 2 heterocycles. The van der Waals surface area contributed by atoms with Crippen LogP contribution in [-0.4, -0.2) is 32.4 Å². The van der Waals surface area contributed by atoms with Gasteiger partial charge in [0, 0.05) is 17.0 Å². The van der Waals surface area contributed by atoms with Crippen LogP contribution in [0.4, 0.5) is 27.1 Å². The number of carbonyl (C=O) groups excluding carboxylic acids is 2. The van der Waals surface area contributed by atoms with E-state index in [0.29, 0.717) is 6.07 Å². The lowest BCUT2D eigenvalue weighted by atomic mass is 10.1. The summed E-state index contributed by atoms with van der Waals surface area (Å²) in [4.78, 5) is 54.4. The Morgan fingerprint density at radius 1 is 1.15 bits per heavy atom. The third kappa shape index (κ3) is 6.13. The minimum Gasteiger partial charge on any atom is -0.302 e. The van der Waals surface area contributed by atoms with Crippen LogP contribution in [0.3, 0.4) is 0 Å². The molecular formula is C18H11F5N4O4S2. The van der Waals surface area contributed by atoms with Gasteiger partial charge in [0.25, 0.3) is 5.56 Å². The lowest BCUT2D eigenvalue weighted by molar-refractivity contribution is -0.142. The van der Waals surface area contributed by atoms with E-state index in [1.165, 1.54) is 0 Å². The minimum atomic E-state index is -5.25. The highest BCUT2D eigenvalue weighted by Crippen LogP contribution is 2.38. The van der Waals surface area contributed by atoms with Gasteiger partial charge in [-0.25, -0.2) is 18.6 Å². The average Bonchev–Trinajstić information content (AvgIpc) is 3.12. The molecule has 0 radical (unpaired) electrons. The number of amides is 1. The lowest BCUT2D eigenvalue weighted by Gasteiger charge is -2.11. The van der Waals surface area contributed by atoms with Crippen LogP contribution in [0.1, 0.15) is 12.0 Å². The van der Waals surface area contributed by atoms with E-state index in [-0.39, 0.29) is 21.6 Å².